The topological polar surface area (TPSA) is 55.5 Å². The van der Waals surface area contributed by atoms with Crippen molar-refractivity contribution in [3.63, 3.8) is 0 Å². The van der Waals surface area contributed by atoms with Crippen LogP contribution in [0.25, 0.3) is 0 Å². The number of hydrogen-bond acceptors (Lipinski definition) is 3. The summed E-state index contributed by atoms with van der Waals surface area (Å²) in [7, 11) is 0. The Morgan fingerprint density at radius 1 is 1.41 bits per heavy atom. The third-order valence-corrected chi connectivity index (χ3v) is 4.81. The second-order valence-electron chi connectivity index (χ2n) is 6.20. The van der Waals surface area contributed by atoms with Gasteiger partial charge >= 0.3 is 0 Å². The first-order chi connectivity index (χ1) is 8.18. The lowest BCUT2D eigenvalue weighted by molar-refractivity contribution is -0.105. The van der Waals surface area contributed by atoms with Crippen molar-refractivity contribution in [2.45, 2.75) is 51.6 Å². The van der Waals surface area contributed by atoms with E-state index in [-0.39, 0.29) is 11.5 Å². The van der Waals surface area contributed by atoms with Gasteiger partial charge in [0.15, 0.2) is 0 Å². The van der Waals surface area contributed by atoms with Crippen LogP contribution < -0.4 is 5.73 Å². The van der Waals surface area contributed by atoms with Crippen LogP contribution in [0.2, 0.25) is 0 Å². The molecule has 4 atom stereocenters. The molecule has 1 aliphatic carbocycles. The van der Waals surface area contributed by atoms with E-state index in [4.69, 9.17) is 10.5 Å². The van der Waals surface area contributed by atoms with Gasteiger partial charge in [-0.15, -0.1) is 0 Å². The molecule has 17 heavy (non-hydrogen) atoms. The zero-order valence-electron chi connectivity index (χ0n) is 11.0. The highest BCUT2D eigenvalue weighted by Gasteiger charge is 2.43. The molecule has 1 heterocycles. The third-order valence-electron chi connectivity index (χ3n) is 4.81. The van der Waals surface area contributed by atoms with Crippen LogP contribution >= 0.6 is 0 Å². The molecule has 3 heteroatoms. The summed E-state index contributed by atoms with van der Waals surface area (Å²) in [4.78, 5) is 0. The first-order valence-corrected chi connectivity index (χ1v) is 7.14. The molecule has 2 aliphatic rings. The van der Waals surface area contributed by atoms with Gasteiger partial charge in [0.2, 0.25) is 0 Å². The fourth-order valence-electron chi connectivity index (χ4n) is 3.66. The van der Waals surface area contributed by atoms with E-state index in [9.17, 15) is 5.11 Å². The maximum absolute atomic E-state index is 10.7. The molecule has 2 fully saturated rings. The maximum Gasteiger partial charge on any atom is 0.0658 e. The molecule has 0 radical (unpaired) electrons. The van der Waals surface area contributed by atoms with Crippen LogP contribution in [0.4, 0.5) is 0 Å². The van der Waals surface area contributed by atoms with E-state index in [0.717, 1.165) is 38.2 Å². The van der Waals surface area contributed by atoms with Crippen molar-refractivity contribution in [1.82, 2.24) is 0 Å². The van der Waals surface area contributed by atoms with Crippen LogP contribution in [0.3, 0.4) is 0 Å². The Morgan fingerprint density at radius 3 is 2.82 bits per heavy atom. The Labute approximate surface area is 105 Å². The molecule has 4 unspecified atom stereocenters. The lowest BCUT2D eigenvalue weighted by Crippen LogP contribution is -2.51. The minimum absolute atomic E-state index is 0.167. The van der Waals surface area contributed by atoms with Gasteiger partial charge in [0, 0.05) is 18.6 Å². The fraction of sp³-hybridized carbons (Fsp3) is 1.00. The Balaban J connectivity index is 2.02. The normalized spacial score (nSPS) is 41.1. The van der Waals surface area contributed by atoms with Gasteiger partial charge in [0.1, 0.15) is 0 Å². The average Bonchev–Trinajstić information content (AvgIpc) is 2.38. The van der Waals surface area contributed by atoms with Gasteiger partial charge in [0.05, 0.1) is 12.7 Å². The third kappa shape index (κ3) is 2.83. The molecule has 100 valence electrons. The predicted molar refractivity (Wildman–Crippen MR) is 68.7 cm³/mol. The predicted octanol–water partition coefficient (Wildman–Crippen LogP) is 1.93. The summed E-state index contributed by atoms with van der Waals surface area (Å²) < 4.78 is 5.58. The molecule has 2 rings (SSSR count). The van der Waals surface area contributed by atoms with Crippen LogP contribution in [0.1, 0.15) is 45.4 Å². The SMILES string of the molecule is CC1CCCC(C(O)C2(CN)CCCOC2)C1. The van der Waals surface area contributed by atoms with Crippen LogP contribution in [0, 0.1) is 17.3 Å². The molecular weight excluding hydrogens is 214 g/mol. The second kappa shape index (κ2) is 5.68. The smallest absolute Gasteiger partial charge is 0.0658 e. The van der Waals surface area contributed by atoms with Gasteiger partial charge in [-0.1, -0.05) is 19.8 Å². The number of aliphatic hydroxyl groups excluding tert-OH is 1. The van der Waals surface area contributed by atoms with Gasteiger partial charge in [-0.3, -0.25) is 0 Å². The Hall–Kier alpha value is -0.120. The van der Waals surface area contributed by atoms with Crippen LogP contribution in [0.15, 0.2) is 0 Å². The highest BCUT2D eigenvalue weighted by molar-refractivity contribution is 4.94. The standard InChI is InChI=1S/C14H27NO2/c1-11-4-2-5-12(8-11)13(16)14(9-15)6-3-7-17-10-14/h11-13,16H,2-10,15H2,1H3. The monoisotopic (exact) mass is 241 g/mol. The molecule has 1 saturated carbocycles. The van der Waals surface area contributed by atoms with E-state index >= 15 is 0 Å². The molecule has 1 saturated heterocycles. The molecule has 0 amide bonds. The Morgan fingerprint density at radius 2 is 2.24 bits per heavy atom. The number of nitrogens with two attached hydrogens (primary N) is 1. The van der Waals surface area contributed by atoms with Crippen molar-refractivity contribution in [1.29, 1.82) is 0 Å². The minimum Gasteiger partial charge on any atom is -0.392 e. The maximum atomic E-state index is 10.7. The van der Waals surface area contributed by atoms with Gasteiger partial charge in [-0.2, -0.15) is 0 Å². The molecule has 3 N–H and O–H groups in total. The van der Waals surface area contributed by atoms with Gasteiger partial charge < -0.3 is 15.6 Å². The van der Waals surface area contributed by atoms with Crippen LogP contribution in [-0.2, 0) is 4.74 Å². The van der Waals surface area contributed by atoms with Crippen molar-refractivity contribution >= 4 is 0 Å². The molecule has 1 aliphatic heterocycles. The van der Waals surface area contributed by atoms with E-state index in [0.29, 0.717) is 19.1 Å². The number of hydrogen-bond donors (Lipinski definition) is 2. The Bertz CT molecular complexity index is 238. The number of rotatable bonds is 3. The van der Waals surface area contributed by atoms with Crippen LogP contribution in [-0.4, -0.2) is 31.0 Å². The summed E-state index contributed by atoms with van der Waals surface area (Å²) in [6, 6.07) is 0. The average molecular weight is 241 g/mol. The summed E-state index contributed by atoms with van der Waals surface area (Å²) >= 11 is 0. The summed E-state index contributed by atoms with van der Waals surface area (Å²) in [6.07, 6.45) is 6.68. The molecule has 0 aromatic carbocycles. The zero-order valence-corrected chi connectivity index (χ0v) is 11.0. The molecule has 0 aromatic heterocycles. The highest BCUT2D eigenvalue weighted by Crippen LogP contribution is 2.40. The van der Waals surface area contributed by atoms with E-state index in [1.165, 1.54) is 12.8 Å². The van der Waals surface area contributed by atoms with Crippen molar-refractivity contribution in [2.24, 2.45) is 23.0 Å². The van der Waals surface area contributed by atoms with Crippen LogP contribution in [0.5, 0.6) is 0 Å². The summed E-state index contributed by atoms with van der Waals surface area (Å²) in [6.45, 7) is 4.33. The number of ether oxygens (including phenoxy) is 1. The first kappa shape index (κ1) is 13.3. The highest BCUT2D eigenvalue weighted by atomic mass is 16.5. The summed E-state index contributed by atoms with van der Waals surface area (Å²) in [5.41, 5.74) is 5.77. The van der Waals surface area contributed by atoms with Crippen molar-refractivity contribution in [3.05, 3.63) is 0 Å². The van der Waals surface area contributed by atoms with Gasteiger partial charge in [-0.25, -0.2) is 0 Å². The lowest BCUT2D eigenvalue weighted by Gasteiger charge is -2.44. The molecular formula is C14H27NO2. The van der Waals surface area contributed by atoms with Gasteiger partial charge in [0.25, 0.3) is 0 Å². The summed E-state index contributed by atoms with van der Waals surface area (Å²) in [5.74, 6) is 1.19. The van der Waals surface area contributed by atoms with E-state index in [2.05, 4.69) is 6.92 Å². The van der Waals surface area contributed by atoms with Crippen molar-refractivity contribution < 1.29 is 9.84 Å². The largest absolute Gasteiger partial charge is 0.392 e. The second-order valence-corrected chi connectivity index (χ2v) is 6.20. The lowest BCUT2D eigenvalue weighted by atomic mass is 9.68. The van der Waals surface area contributed by atoms with E-state index < -0.39 is 0 Å². The minimum atomic E-state index is -0.268. The molecule has 0 aromatic rings. The fourth-order valence-corrected chi connectivity index (χ4v) is 3.66. The van der Waals surface area contributed by atoms with Gasteiger partial charge in [-0.05, 0) is 37.5 Å². The quantitative estimate of drug-likeness (QED) is 0.794. The van der Waals surface area contributed by atoms with E-state index in [1.807, 2.05) is 0 Å². The Kier molecular flexibility index (Phi) is 4.45. The molecule has 3 nitrogen and oxygen atoms in total. The molecule has 0 bridgehead atoms. The van der Waals surface area contributed by atoms with Crippen molar-refractivity contribution in [2.75, 3.05) is 19.8 Å². The van der Waals surface area contributed by atoms with Crippen molar-refractivity contribution in [3.8, 4) is 0 Å². The first-order valence-electron chi connectivity index (χ1n) is 7.14. The zero-order chi connectivity index (χ0) is 12.3. The summed E-state index contributed by atoms with van der Waals surface area (Å²) in [5, 5.41) is 10.7. The molecule has 0 spiro atoms. The number of aliphatic hydroxyl groups is 1. The van der Waals surface area contributed by atoms with E-state index in [1.54, 1.807) is 0 Å².